The van der Waals surface area contributed by atoms with Gasteiger partial charge in [-0.3, -0.25) is 4.99 Å². The Morgan fingerprint density at radius 3 is 2.59 bits per heavy atom. The molecule has 2 aromatic carbocycles. The maximum absolute atomic E-state index is 16.1. The highest BCUT2D eigenvalue weighted by molar-refractivity contribution is 7.20. The van der Waals surface area contributed by atoms with Crippen molar-refractivity contribution in [2.75, 3.05) is 5.32 Å². The van der Waals surface area contributed by atoms with Crippen molar-refractivity contribution in [1.82, 2.24) is 0 Å². The van der Waals surface area contributed by atoms with Gasteiger partial charge in [-0.25, -0.2) is 4.39 Å². The zero-order valence-corrected chi connectivity index (χ0v) is 17.5. The number of hydrogen-bond donors (Lipinski definition) is 1. The van der Waals surface area contributed by atoms with E-state index < -0.39 is 11.2 Å². The van der Waals surface area contributed by atoms with Gasteiger partial charge in [-0.05, 0) is 31.0 Å². The molecule has 0 fully saturated rings. The predicted octanol–water partition coefficient (Wildman–Crippen LogP) is 6.83. The molecular weight excluding hydrogens is 381 g/mol. The molecule has 0 unspecified atom stereocenters. The number of fused-ring (bicyclic) bond motifs is 3. The molecule has 3 aromatic rings. The fourth-order valence-electron chi connectivity index (χ4n) is 3.87. The van der Waals surface area contributed by atoms with Crippen LogP contribution in [-0.4, -0.2) is 12.0 Å². The minimum absolute atomic E-state index is 0.217. The molecule has 0 radical (unpaired) electrons. The smallest absolute Gasteiger partial charge is 0.209 e. The molecule has 0 bridgehead atoms. The summed E-state index contributed by atoms with van der Waals surface area (Å²) in [6.07, 6.45) is 3.18. The molecule has 1 aliphatic rings. The molecule has 0 aliphatic carbocycles. The van der Waals surface area contributed by atoms with Crippen molar-refractivity contribution in [1.29, 1.82) is 5.26 Å². The number of nitrogens with one attached hydrogen (secondary N) is 1. The lowest BCUT2D eigenvalue weighted by atomic mass is 9.78. The van der Waals surface area contributed by atoms with Gasteiger partial charge in [-0.1, -0.05) is 49.4 Å². The van der Waals surface area contributed by atoms with Crippen molar-refractivity contribution in [2.45, 2.75) is 38.4 Å². The Bertz CT molecular complexity index is 1170. The van der Waals surface area contributed by atoms with E-state index in [0.717, 1.165) is 31.8 Å². The molecule has 5 heteroatoms. The molecule has 3 nitrogen and oxygen atoms in total. The summed E-state index contributed by atoms with van der Waals surface area (Å²) in [4.78, 5) is 5.13. The average Bonchev–Trinajstić information content (AvgIpc) is 3.14. The predicted molar refractivity (Wildman–Crippen MR) is 120 cm³/mol. The molecule has 1 atom stereocenters. The van der Waals surface area contributed by atoms with Crippen LogP contribution in [0.5, 0.6) is 0 Å². The van der Waals surface area contributed by atoms with Gasteiger partial charge in [0.15, 0.2) is 0 Å². The van der Waals surface area contributed by atoms with Gasteiger partial charge in [0.2, 0.25) is 5.79 Å². The second-order valence-corrected chi connectivity index (χ2v) is 8.76. The van der Waals surface area contributed by atoms with Crippen LogP contribution in [0.1, 0.15) is 32.1 Å². The van der Waals surface area contributed by atoms with E-state index in [9.17, 15) is 5.26 Å². The highest BCUT2D eigenvalue weighted by Crippen LogP contribution is 2.52. The molecule has 4 rings (SSSR count). The second kappa shape index (κ2) is 7.13. The summed E-state index contributed by atoms with van der Waals surface area (Å²) in [5.41, 5.74) is 2.44. The third kappa shape index (κ3) is 3.04. The third-order valence-corrected chi connectivity index (χ3v) is 7.18. The Hall–Kier alpha value is -2.97. The number of rotatable bonds is 2. The molecule has 0 amide bonds. The van der Waals surface area contributed by atoms with Crippen LogP contribution in [0.3, 0.4) is 0 Å². The lowest BCUT2D eigenvalue weighted by Gasteiger charge is -2.36. The van der Waals surface area contributed by atoms with Crippen molar-refractivity contribution < 1.29 is 4.39 Å². The van der Waals surface area contributed by atoms with Crippen LogP contribution in [0, 0.1) is 11.3 Å². The highest BCUT2D eigenvalue weighted by atomic mass is 32.1. The SMILES string of the molecule is CC[C@@]1(F)/N=C/C(C#N)=C\Nc2c(sc3cccc(-c4ccccc4)c23)C1(C)C. The first kappa shape index (κ1) is 19.4. The van der Waals surface area contributed by atoms with E-state index in [2.05, 4.69) is 40.6 Å². The second-order valence-electron chi connectivity index (χ2n) is 7.70. The van der Waals surface area contributed by atoms with Crippen molar-refractivity contribution in [3.8, 4) is 17.2 Å². The summed E-state index contributed by atoms with van der Waals surface area (Å²) in [6, 6.07) is 18.4. The molecule has 29 heavy (non-hydrogen) atoms. The maximum atomic E-state index is 16.1. The molecule has 1 aromatic heterocycles. The summed E-state index contributed by atoms with van der Waals surface area (Å²) in [5, 5.41) is 13.8. The third-order valence-electron chi connectivity index (χ3n) is 5.70. The Morgan fingerprint density at radius 1 is 1.14 bits per heavy atom. The quantitative estimate of drug-likeness (QED) is 0.477. The van der Waals surface area contributed by atoms with E-state index >= 15 is 4.39 Å². The number of thiophene rings is 1. The number of allylic oxidation sites excluding steroid dienone is 1. The van der Waals surface area contributed by atoms with Gasteiger partial charge < -0.3 is 5.32 Å². The van der Waals surface area contributed by atoms with Gasteiger partial charge in [-0.15, -0.1) is 11.3 Å². The van der Waals surface area contributed by atoms with Gasteiger partial charge in [0.25, 0.3) is 0 Å². The lowest BCUT2D eigenvalue weighted by Crippen LogP contribution is -2.41. The Labute approximate surface area is 174 Å². The van der Waals surface area contributed by atoms with Crippen LogP contribution in [0.2, 0.25) is 0 Å². The van der Waals surface area contributed by atoms with Gasteiger partial charge in [0, 0.05) is 33.8 Å². The Kier molecular flexibility index (Phi) is 4.76. The first-order chi connectivity index (χ1) is 13.9. The Balaban J connectivity index is 2.07. The largest absolute Gasteiger partial charge is 0.359 e. The van der Waals surface area contributed by atoms with Crippen LogP contribution in [0.4, 0.5) is 10.1 Å². The number of nitrogens with zero attached hydrogens (tertiary/aromatic N) is 2. The summed E-state index contributed by atoms with van der Waals surface area (Å²) in [5.74, 6) is -1.82. The monoisotopic (exact) mass is 403 g/mol. The molecule has 146 valence electrons. The Morgan fingerprint density at radius 2 is 1.90 bits per heavy atom. The molecule has 1 N–H and O–H groups in total. The van der Waals surface area contributed by atoms with Gasteiger partial charge in [0.05, 0.1) is 16.7 Å². The molecule has 1 aliphatic heterocycles. The number of alkyl halides is 1. The van der Waals surface area contributed by atoms with Crippen molar-refractivity contribution in [2.24, 2.45) is 4.99 Å². The van der Waals surface area contributed by atoms with Crippen LogP contribution in [0.15, 0.2) is 65.3 Å². The van der Waals surface area contributed by atoms with Crippen LogP contribution >= 0.6 is 11.3 Å². The minimum Gasteiger partial charge on any atom is -0.359 e. The van der Waals surface area contributed by atoms with Crippen LogP contribution in [-0.2, 0) is 5.41 Å². The number of hydrogen-bond acceptors (Lipinski definition) is 4. The van der Waals surface area contributed by atoms with E-state index in [1.54, 1.807) is 24.5 Å². The number of anilines is 1. The molecule has 0 saturated heterocycles. The molecule has 2 heterocycles. The number of halogens is 1. The first-order valence-electron chi connectivity index (χ1n) is 9.63. The van der Waals surface area contributed by atoms with Gasteiger partial charge in [0.1, 0.15) is 6.07 Å². The zero-order chi connectivity index (χ0) is 20.6. The molecule has 0 saturated carbocycles. The summed E-state index contributed by atoms with van der Waals surface area (Å²) < 4.78 is 17.2. The average molecular weight is 404 g/mol. The minimum atomic E-state index is -1.82. The van der Waals surface area contributed by atoms with Crippen LogP contribution < -0.4 is 5.32 Å². The fourth-order valence-corrected chi connectivity index (χ4v) is 5.23. The topological polar surface area (TPSA) is 48.2 Å². The normalized spacial score (nSPS) is 23.5. The van der Waals surface area contributed by atoms with E-state index in [-0.39, 0.29) is 6.42 Å². The standard InChI is InChI=1S/C24H22FN3S/c1-4-24(25)23(2,3)22-21(27-14-16(13-26)15-28-24)20-18(11-8-12-19(20)29-22)17-9-6-5-7-10-17/h5-12,14-15,27H,4H2,1-3H3/b16-14-,28-15+/t24-/m1/s1. The maximum Gasteiger partial charge on any atom is 0.209 e. The first-order valence-corrected chi connectivity index (χ1v) is 10.5. The fraction of sp³-hybridized carbons (Fsp3) is 0.250. The number of benzene rings is 2. The summed E-state index contributed by atoms with van der Waals surface area (Å²) in [6.45, 7) is 5.58. The summed E-state index contributed by atoms with van der Waals surface area (Å²) in [7, 11) is 0. The number of nitriles is 1. The van der Waals surface area contributed by atoms with E-state index in [4.69, 9.17) is 0 Å². The molecule has 0 spiro atoms. The summed E-state index contributed by atoms with van der Waals surface area (Å²) >= 11 is 1.59. The van der Waals surface area contributed by atoms with Gasteiger partial charge in [-0.2, -0.15) is 5.26 Å². The number of aliphatic imine (C=N–C) groups is 1. The van der Waals surface area contributed by atoms with Crippen molar-refractivity contribution >= 4 is 33.3 Å². The van der Waals surface area contributed by atoms with Gasteiger partial charge >= 0.3 is 0 Å². The highest BCUT2D eigenvalue weighted by Gasteiger charge is 2.48. The van der Waals surface area contributed by atoms with Crippen molar-refractivity contribution in [3.63, 3.8) is 0 Å². The van der Waals surface area contributed by atoms with E-state index in [1.807, 2.05) is 38.1 Å². The van der Waals surface area contributed by atoms with E-state index in [1.165, 1.54) is 6.21 Å². The zero-order valence-electron chi connectivity index (χ0n) is 16.7. The van der Waals surface area contributed by atoms with Crippen LogP contribution in [0.25, 0.3) is 21.2 Å². The lowest BCUT2D eigenvalue weighted by molar-refractivity contribution is 0.0795. The van der Waals surface area contributed by atoms with E-state index in [0.29, 0.717) is 5.57 Å². The van der Waals surface area contributed by atoms with Crippen molar-refractivity contribution in [3.05, 3.63) is 65.2 Å². The molecular formula is C24H22FN3S.